The topological polar surface area (TPSA) is 128 Å². The second-order valence-electron chi connectivity index (χ2n) is 8.25. The molecule has 36 heavy (non-hydrogen) atoms. The maximum Gasteiger partial charge on any atom is 0.268 e. The number of nitrogens with one attached hydrogen (secondary N) is 3. The summed E-state index contributed by atoms with van der Waals surface area (Å²) in [6.45, 7) is 1.31. The number of carbonyl (C=O) groups is 3. The van der Waals surface area contributed by atoms with Gasteiger partial charge in [0.2, 0.25) is 11.8 Å². The van der Waals surface area contributed by atoms with Crippen LogP contribution in [0.25, 0.3) is 11.1 Å². The zero-order valence-corrected chi connectivity index (χ0v) is 19.3. The number of aliphatic hydroxyl groups is 1. The minimum atomic E-state index is -1.38. The summed E-state index contributed by atoms with van der Waals surface area (Å²) in [6.07, 6.45) is -1.02. The molecule has 0 saturated carbocycles. The van der Waals surface area contributed by atoms with E-state index >= 15 is 0 Å². The van der Waals surface area contributed by atoms with Crippen LogP contribution in [0.1, 0.15) is 25.5 Å². The van der Waals surface area contributed by atoms with E-state index < -0.39 is 30.0 Å². The summed E-state index contributed by atoms with van der Waals surface area (Å²) in [6, 6.07) is 24.2. The SMILES string of the molecule is C.C[C@@H](O)[C@H](NC(=O)[C@H](Cc1ccccc1)NC(=O)Cc1ccc(-c2ccccc2)cc1)C(=O)NO. The molecule has 3 rings (SSSR count). The minimum Gasteiger partial charge on any atom is -0.391 e. The molecule has 0 aromatic heterocycles. The molecule has 0 bridgehead atoms. The Morgan fingerprint density at radius 2 is 1.31 bits per heavy atom. The van der Waals surface area contributed by atoms with Crippen molar-refractivity contribution in [3.8, 4) is 11.1 Å². The van der Waals surface area contributed by atoms with Crippen molar-refractivity contribution in [2.45, 2.75) is 45.4 Å². The molecule has 3 aromatic rings. The average Bonchev–Trinajstić information content (AvgIpc) is 2.87. The van der Waals surface area contributed by atoms with Crippen LogP contribution >= 0.6 is 0 Å². The van der Waals surface area contributed by atoms with Crippen LogP contribution in [0.4, 0.5) is 0 Å². The van der Waals surface area contributed by atoms with Gasteiger partial charge in [-0.3, -0.25) is 19.6 Å². The van der Waals surface area contributed by atoms with Gasteiger partial charge in [0.05, 0.1) is 12.5 Å². The summed E-state index contributed by atoms with van der Waals surface area (Å²) >= 11 is 0. The highest BCUT2D eigenvalue weighted by molar-refractivity contribution is 5.92. The van der Waals surface area contributed by atoms with Gasteiger partial charge in [0.15, 0.2) is 0 Å². The van der Waals surface area contributed by atoms with E-state index in [1.165, 1.54) is 12.4 Å². The molecule has 3 amide bonds. The van der Waals surface area contributed by atoms with E-state index in [-0.39, 0.29) is 26.2 Å². The van der Waals surface area contributed by atoms with Crippen LogP contribution < -0.4 is 16.1 Å². The van der Waals surface area contributed by atoms with Gasteiger partial charge in [-0.05, 0) is 29.2 Å². The molecule has 0 saturated heterocycles. The summed E-state index contributed by atoms with van der Waals surface area (Å²) in [4.78, 5) is 37.6. The van der Waals surface area contributed by atoms with Crippen molar-refractivity contribution >= 4 is 17.7 Å². The lowest BCUT2D eigenvalue weighted by molar-refractivity contribution is -0.138. The largest absolute Gasteiger partial charge is 0.391 e. The Morgan fingerprint density at radius 3 is 1.86 bits per heavy atom. The number of benzene rings is 3. The third-order valence-corrected chi connectivity index (χ3v) is 5.53. The second-order valence-corrected chi connectivity index (χ2v) is 8.25. The van der Waals surface area contributed by atoms with Gasteiger partial charge < -0.3 is 15.7 Å². The monoisotopic (exact) mass is 491 g/mol. The van der Waals surface area contributed by atoms with Gasteiger partial charge in [0.25, 0.3) is 5.91 Å². The number of hydrogen-bond donors (Lipinski definition) is 5. The molecule has 0 aliphatic heterocycles. The maximum absolute atomic E-state index is 13.0. The zero-order valence-electron chi connectivity index (χ0n) is 19.3. The minimum absolute atomic E-state index is 0. The molecular formula is C28H33N3O5. The molecule has 190 valence electrons. The Morgan fingerprint density at radius 1 is 0.750 bits per heavy atom. The van der Waals surface area contributed by atoms with Gasteiger partial charge in [0, 0.05) is 6.42 Å². The lowest BCUT2D eigenvalue weighted by atomic mass is 10.0. The van der Waals surface area contributed by atoms with E-state index in [1.807, 2.05) is 84.9 Å². The van der Waals surface area contributed by atoms with E-state index in [2.05, 4.69) is 10.6 Å². The van der Waals surface area contributed by atoms with Crippen LogP contribution in [0.2, 0.25) is 0 Å². The van der Waals surface area contributed by atoms with Crippen LogP contribution in [0.5, 0.6) is 0 Å². The van der Waals surface area contributed by atoms with Gasteiger partial charge in [-0.2, -0.15) is 0 Å². The Bertz CT molecular complexity index is 1120. The van der Waals surface area contributed by atoms with Crippen LogP contribution in [-0.4, -0.2) is 46.2 Å². The lowest BCUT2D eigenvalue weighted by Gasteiger charge is -2.24. The molecule has 0 unspecified atom stereocenters. The van der Waals surface area contributed by atoms with Gasteiger partial charge in [0.1, 0.15) is 12.1 Å². The number of aliphatic hydroxyl groups excluding tert-OH is 1. The fraction of sp³-hybridized carbons (Fsp3) is 0.250. The first-order valence-corrected chi connectivity index (χ1v) is 11.3. The quantitative estimate of drug-likeness (QED) is 0.220. The smallest absolute Gasteiger partial charge is 0.268 e. The van der Waals surface area contributed by atoms with E-state index in [1.54, 1.807) is 0 Å². The highest BCUT2D eigenvalue weighted by Gasteiger charge is 2.29. The van der Waals surface area contributed by atoms with Crippen LogP contribution in [-0.2, 0) is 27.2 Å². The van der Waals surface area contributed by atoms with Crippen molar-refractivity contribution in [3.05, 3.63) is 96.1 Å². The van der Waals surface area contributed by atoms with Gasteiger partial charge in [-0.15, -0.1) is 0 Å². The zero-order chi connectivity index (χ0) is 25.2. The standard InChI is InChI=1S/C27H29N3O5.CH4/c1-18(31)25(27(34)30-35)29-26(33)23(16-19-8-4-2-5-9-19)28-24(32)17-20-12-14-22(15-13-20)21-10-6-3-7-11-21;/h2-15,18,23,25,31,35H,16-17H2,1H3,(H,28,32)(H,29,33)(H,30,34);1H4/t18-,23+,25+;/m1./s1. The first-order chi connectivity index (χ1) is 16.9. The summed E-state index contributed by atoms with van der Waals surface area (Å²) < 4.78 is 0. The summed E-state index contributed by atoms with van der Waals surface area (Å²) in [5, 5.41) is 23.9. The summed E-state index contributed by atoms with van der Waals surface area (Å²) in [5.41, 5.74) is 5.12. The van der Waals surface area contributed by atoms with Crippen molar-refractivity contribution in [1.82, 2.24) is 16.1 Å². The molecule has 0 spiro atoms. The molecule has 0 heterocycles. The van der Waals surface area contributed by atoms with Gasteiger partial charge in [-0.1, -0.05) is 92.4 Å². The van der Waals surface area contributed by atoms with Crippen molar-refractivity contribution in [2.24, 2.45) is 0 Å². The molecule has 3 atom stereocenters. The number of rotatable bonds is 10. The molecular weight excluding hydrogens is 458 g/mol. The Hall–Kier alpha value is -4.01. The number of hydroxylamine groups is 1. The number of hydrogen-bond acceptors (Lipinski definition) is 5. The van der Waals surface area contributed by atoms with E-state index in [9.17, 15) is 19.5 Å². The van der Waals surface area contributed by atoms with Crippen molar-refractivity contribution in [2.75, 3.05) is 0 Å². The van der Waals surface area contributed by atoms with Crippen molar-refractivity contribution in [1.29, 1.82) is 0 Å². The summed E-state index contributed by atoms with van der Waals surface area (Å²) in [5.74, 6) is -1.98. The van der Waals surface area contributed by atoms with Crippen molar-refractivity contribution in [3.63, 3.8) is 0 Å². The predicted octanol–water partition coefficient (Wildman–Crippen LogP) is 2.63. The highest BCUT2D eigenvalue weighted by Crippen LogP contribution is 2.19. The Balaban J connectivity index is 0.00000456. The van der Waals surface area contributed by atoms with Crippen molar-refractivity contribution < 1.29 is 24.7 Å². The molecule has 8 nitrogen and oxygen atoms in total. The normalized spacial score (nSPS) is 12.9. The maximum atomic E-state index is 13.0. The van der Waals surface area contributed by atoms with E-state index in [0.29, 0.717) is 0 Å². The fourth-order valence-electron chi connectivity index (χ4n) is 3.66. The lowest BCUT2D eigenvalue weighted by Crippen LogP contribution is -2.57. The van der Waals surface area contributed by atoms with E-state index in [0.717, 1.165) is 22.3 Å². The van der Waals surface area contributed by atoms with Gasteiger partial charge in [-0.25, -0.2) is 5.48 Å². The van der Waals surface area contributed by atoms with Crippen LogP contribution in [0.3, 0.4) is 0 Å². The Labute approximate surface area is 211 Å². The Kier molecular flexibility index (Phi) is 10.8. The molecule has 3 aromatic carbocycles. The average molecular weight is 492 g/mol. The summed E-state index contributed by atoms with van der Waals surface area (Å²) in [7, 11) is 0. The molecule has 0 aliphatic carbocycles. The highest BCUT2D eigenvalue weighted by atomic mass is 16.5. The molecule has 8 heteroatoms. The molecule has 0 aliphatic rings. The number of carbonyl (C=O) groups excluding carboxylic acids is 3. The fourth-order valence-corrected chi connectivity index (χ4v) is 3.66. The third-order valence-electron chi connectivity index (χ3n) is 5.53. The second kappa shape index (κ2) is 13.8. The van der Waals surface area contributed by atoms with Crippen LogP contribution in [0, 0.1) is 0 Å². The van der Waals surface area contributed by atoms with E-state index in [4.69, 9.17) is 5.21 Å². The predicted molar refractivity (Wildman–Crippen MR) is 138 cm³/mol. The molecule has 0 radical (unpaired) electrons. The van der Waals surface area contributed by atoms with Crippen LogP contribution in [0.15, 0.2) is 84.9 Å². The third kappa shape index (κ3) is 8.04. The first-order valence-electron chi connectivity index (χ1n) is 11.3. The number of amides is 3. The van der Waals surface area contributed by atoms with Gasteiger partial charge >= 0.3 is 0 Å². The molecule has 0 fully saturated rings. The molecule has 5 N–H and O–H groups in total. The first kappa shape index (κ1) is 28.2.